The molecule has 0 radical (unpaired) electrons. The van der Waals surface area contributed by atoms with Crippen LogP contribution in [-0.4, -0.2) is 29.4 Å². The fourth-order valence-corrected chi connectivity index (χ4v) is 1.71. The number of nitrogens with one attached hydrogen (secondary N) is 1. The van der Waals surface area contributed by atoms with Crippen molar-refractivity contribution in [2.45, 2.75) is 58.2 Å². The van der Waals surface area contributed by atoms with Crippen molar-refractivity contribution in [3.8, 4) is 0 Å². The lowest BCUT2D eigenvalue weighted by Crippen LogP contribution is -2.37. The van der Waals surface area contributed by atoms with Crippen LogP contribution >= 0.6 is 0 Å². The van der Waals surface area contributed by atoms with Gasteiger partial charge in [0.15, 0.2) is 0 Å². The average Bonchev–Trinajstić information content (AvgIpc) is 2.05. The summed E-state index contributed by atoms with van der Waals surface area (Å²) < 4.78 is 5.07. The third-order valence-electron chi connectivity index (χ3n) is 2.71. The second-order valence-corrected chi connectivity index (χ2v) is 5.57. The van der Waals surface area contributed by atoms with Gasteiger partial charge in [-0.3, -0.25) is 0 Å². The van der Waals surface area contributed by atoms with Crippen molar-refractivity contribution in [1.29, 1.82) is 0 Å². The van der Waals surface area contributed by atoms with Crippen LogP contribution in [0.3, 0.4) is 0 Å². The Morgan fingerprint density at radius 2 is 2.12 bits per heavy atom. The van der Waals surface area contributed by atoms with Gasteiger partial charge in [-0.2, -0.15) is 0 Å². The molecule has 1 atom stereocenters. The molecule has 0 aromatic heterocycles. The maximum absolute atomic E-state index is 11.3. The summed E-state index contributed by atoms with van der Waals surface area (Å²) in [6, 6.07) is 0. The number of hydrogen-bond acceptors (Lipinski definition) is 3. The Labute approximate surface area is 97.4 Å². The number of aliphatic hydroxyl groups is 1. The molecule has 1 aliphatic rings. The normalized spacial score (nSPS) is 18.8. The van der Waals surface area contributed by atoms with Crippen LogP contribution in [0.1, 0.15) is 46.5 Å². The monoisotopic (exact) mass is 229 g/mol. The number of ether oxygens (including phenoxy) is 1. The number of rotatable bonds is 4. The minimum atomic E-state index is -0.483. The highest BCUT2D eigenvalue weighted by molar-refractivity contribution is 5.67. The molecule has 0 saturated heterocycles. The molecule has 0 aromatic carbocycles. The van der Waals surface area contributed by atoms with E-state index in [0.29, 0.717) is 5.92 Å². The molecule has 0 aliphatic heterocycles. The summed E-state index contributed by atoms with van der Waals surface area (Å²) in [5, 5.41) is 12.2. The zero-order valence-corrected chi connectivity index (χ0v) is 10.5. The quantitative estimate of drug-likeness (QED) is 0.775. The standard InChI is InChI=1S/C12H23NO3/c1-12(2,3)16-11(15)13-8-10(14)7-9-5-4-6-9/h9-10,14H,4-8H2,1-3H3,(H,13,15). The van der Waals surface area contributed by atoms with Crippen LogP contribution in [0.25, 0.3) is 0 Å². The Hall–Kier alpha value is -0.770. The summed E-state index contributed by atoms with van der Waals surface area (Å²) in [6.07, 6.45) is 3.58. The van der Waals surface area contributed by atoms with Gasteiger partial charge >= 0.3 is 6.09 Å². The van der Waals surface area contributed by atoms with Crippen LogP contribution in [0.2, 0.25) is 0 Å². The van der Waals surface area contributed by atoms with E-state index < -0.39 is 17.8 Å². The van der Waals surface area contributed by atoms with Gasteiger partial charge in [0, 0.05) is 6.54 Å². The van der Waals surface area contributed by atoms with Crippen LogP contribution in [0.5, 0.6) is 0 Å². The summed E-state index contributed by atoms with van der Waals surface area (Å²) in [5.41, 5.74) is -0.483. The molecule has 1 rings (SSSR count). The number of aliphatic hydroxyl groups excluding tert-OH is 1. The molecular formula is C12H23NO3. The third kappa shape index (κ3) is 5.35. The van der Waals surface area contributed by atoms with E-state index in [9.17, 15) is 9.90 Å². The number of carbonyl (C=O) groups is 1. The molecule has 4 heteroatoms. The Balaban J connectivity index is 2.10. The van der Waals surface area contributed by atoms with E-state index in [1.54, 1.807) is 0 Å². The van der Waals surface area contributed by atoms with E-state index >= 15 is 0 Å². The fourth-order valence-electron chi connectivity index (χ4n) is 1.71. The predicted molar refractivity (Wildman–Crippen MR) is 62.2 cm³/mol. The maximum Gasteiger partial charge on any atom is 0.407 e. The van der Waals surface area contributed by atoms with Crippen molar-refractivity contribution in [2.24, 2.45) is 5.92 Å². The highest BCUT2D eigenvalue weighted by Gasteiger charge is 2.22. The Morgan fingerprint density at radius 3 is 2.56 bits per heavy atom. The van der Waals surface area contributed by atoms with E-state index in [0.717, 1.165) is 6.42 Å². The van der Waals surface area contributed by atoms with Crippen LogP contribution in [-0.2, 0) is 4.74 Å². The summed E-state index contributed by atoms with van der Waals surface area (Å²) in [7, 11) is 0. The number of alkyl carbamates (subject to hydrolysis) is 1. The van der Waals surface area contributed by atoms with Gasteiger partial charge in [-0.1, -0.05) is 19.3 Å². The van der Waals surface area contributed by atoms with Gasteiger partial charge in [0.1, 0.15) is 5.60 Å². The highest BCUT2D eigenvalue weighted by atomic mass is 16.6. The lowest BCUT2D eigenvalue weighted by atomic mass is 9.81. The highest BCUT2D eigenvalue weighted by Crippen LogP contribution is 2.30. The summed E-state index contributed by atoms with van der Waals surface area (Å²) in [5.74, 6) is 0.649. The van der Waals surface area contributed by atoms with Crippen molar-refractivity contribution in [3.63, 3.8) is 0 Å². The molecular weight excluding hydrogens is 206 g/mol. The van der Waals surface area contributed by atoms with Gasteiger partial charge in [-0.25, -0.2) is 4.79 Å². The van der Waals surface area contributed by atoms with E-state index in [-0.39, 0.29) is 6.54 Å². The van der Waals surface area contributed by atoms with Gasteiger partial charge in [-0.15, -0.1) is 0 Å². The van der Waals surface area contributed by atoms with Gasteiger partial charge < -0.3 is 15.2 Å². The molecule has 16 heavy (non-hydrogen) atoms. The first-order valence-electron chi connectivity index (χ1n) is 6.02. The molecule has 94 valence electrons. The molecule has 0 spiro atoms. The molecule has 0 bridgehead atoms. The Kier molecular flexibility index (Phi) is 4.59. The van der Waals surface area contributed by atoms with E-state index in [4.69, 9.17) is 4.74 Å². The lowest BCUT2D eigenvalue weighted by Gasteiger charge is -2.27. The van der Waals surface area contributed by atoms with Crippen LogP contribution < -0.4 is 5.32 Å². The van der Waals surface area contributed by atoms with Crippen LogP contribution in [0.15, 0.2) is 0 Å². The maximum atomic E-state index is 11.3. The smallest absolute Gasteiger partial charge is 0.407 e. The minimum absolute atomic E-state index is 0.283. The average molecular weight is 229 g/mol. The summed E-state index contributed by atoms with van der Waals surface area (Å²) in [4.78, 5) is 11.3. The van der Waals surface area contributed by atoms with Gasteiger partial charge in [0.2, 0.25) is 0 Å². The zero-order chi connectivity index (χ0) is 12.2. The van der Waals surface area contributed by atoms with Crippen molar-refractivity contribution >= 4 is 6.09 Å². The lowest BCUT2D eigenvalue weighted by molar-refractivity contribution is 0.0469. The van der Waals surface area contributed by atoms with Crippen molar-refractivity contribution in [1.82, 2.24) is 5.32 Å². The van der Waals surface area contributed by atoms with Gasteiger partial charge in [0.05, 0.1) is 6.10 Å². The Bertz CT molecular complexity index is 231. The topological polar surface area (TPSA) is 58.6 Å². The molecule has 2 N–H and O–H groups in total. The van der Waals surface area contributed by atoms with Gasteiger partial charge in [-0.05, 0) is 33.1 Å². The first-order chi connectivity index (χ1) is 7.37. The van der Waals surface area contributed by atoms with Gasteiger partial charge in [0.25, 0.3) is 0 Å². The summed E-state index contributed by atoms with van der Waals surface area (Å²) >= 11 is 0. The van der Waals surface area contributed by atoms with Crippen molar-refractivity contribution < 1.29 is 14.6 Å². The Morgan fingerprint density at radius 1 is 1.50 bits per heavy atom. The number of carbonyl (C=O) groups excluding carboxylic acids is 1. The second-order valence-electron chi connectivity index (χ2n) is 5.57. The molecule has 1 amide bonds. The zero-order valence-electron chi connectivity index (χ0n) is 10.5. The number of hydrogen-bond donors (Lipinski definition) is 2. The van der Waals surface area contributed by atoms with Crippen molar-refractivity contribution in [2.75, 3.05) is 6.54 Å². The molecule has 1 aliphatic carbocycles. The molecule has 0 aromatic rings. The largest absolute Gasteiger partial charge is 0.444 e. The minimum Gasteiger partial charge on any atom is -0.444 e. The van der Waals surface area contributed by atoms with E-state index in [1.165, 1.54) is 19.3 Å². The molecule has 1 fully saturated rings. The van der Waals surface area contributed by atoms with E-state index in [1.807, 2.05) is 20.8 Å². The predicted octanol–water partition coefficient (Wildman–Crippen LogP) is 2.06. The van der Waals surface area contributed by atoms with Crippen LogP contribution in [0, 0.1) is 5.92 Å². The third-order valence-corrected chi connectivity index (χ3v) is 2.71. The molecule has 1 unspecified atom stereocenters. The number of amides is 1. The van der Waals surface area contributed by atoms with E-state index in [2.05, 4.69) is 5.32 Å². The first-order valence-corrected chi connectivity index (χ1v) is 6.02. The second kappa shape index (κ2) is 5.53. The fraction of sp³-hybridized carbons (Fsp3) is 0.917. The van der Waals surface area contributed by atoms with Crippen molar-refractivity contribution in [3.05, 3.63) is 0 Å². The van der Waals surface area contributed by atoms with Crippen LogP contribution in [0.4, 0.5) is 4.79 Å². The SMILES string of the molecule is CC(C)(C)OC(=O)NCC(O)CC1CCC1. The molecule has 4 nitrogen and oxygen atoms in total. The summed E-state index contributed by atoms with van der Waals surface area (Å²) in [6.45, 7) is 5.73. The first kappa shape index (κ1) is 13.3. The molecule has 1 saturated carbocycles. The molecule has 0 heterocycles.